The molecule has 28 nitrogen and oxygen atoms in total. The van der Waals surface area contributed by atoms with Crippen LogP contribution in [0, 0.1) is 0 Å². The van der Waals surface area contributed by atoms with Gasteiger partial charge in [0.05, 0.1) is 0 Å². The first-order chi connectivity index (χ1) is 21.9. The van der Waals surface area contributed by atoms with Crippen LogP contribution in [0.2, 0.25) is 0 Å². The van der Waals surface area contributed by atoms with Gasteiger partial charge in [-0.15, -0.1) is 0 Å². The molecule has 0 aromatic heterocycles. The van der Waals surface area contributed by atoms with Gasteiger partial charge in [-0.05, 0) is 0 Å². The standard InChI is InChI=1S/2C6H12O6.2C6H9O6.2K.4H2O.V/c4*7-1-2(8)4(10)6(12)5(11)3(1)9;;;;;;;/h2*1-12H;2*1-7,10-11H;;;4*1H2;/q;;2*-3;2*+1;;;;;+4. The van der Waals surface area contributed by atoms with Crippen molar-refractivity contribution in [3.8, 4) is 0 Å². The smallest absolute Gasteiger partial charge is 0.848 e. The van der Waals surface area contributed by atoms with Crippen molar-refractivity contribution in [2.45, 2.75) is 146 Å². The molecule has 0 heterocycles. The van der Waals surface area contributed by atoms with Gasteiger partial charge in [0.25, 0.3) is 0 Å². The number of aliphatic hydroxyl groups is 18. The largest absolute Gasteiger partial charge is 4.00 e. The molecule has 0 atom stereocenters. The van der Waals surface area contributed by atoms with Gasteiger partial charge in [-0.25, -0.2) is 0 Å². The molecule has 4 fully saturated rings. The summed E-state index contributed by atoms with van der Waals surface area (Å²) in [5.41, 5.74) is 0. The number of rotatable bonds is 0. The van der Waals surface area contributed by atoms with E-state index in [4.69, 9.17) is 91.9 Å². The van der Waals surface area contributed by atoms with Crippen molar-refractivity contribution in [3.63, 3.8) is 0 Å². The van der Waals surface area contributed by atoms with Gasteiger partial charge in [0.2, 0.25) is 0 Å². The third-order valence-corrected chi connectivity index (χ3v) is 8.24. The zero-order chi connectivity index (χ0) is 37.9. The van der Waals surface area contributed by atoms with Gasteiger partial charge < -0.3 is 144 Å². The quantitative estimate of drug-likeness (QED) is 0.100. The summed E-state index contributed by atoms with van der Waals surface area (Å²) >= 11 is 0. The number of hydrogen-bond acceptors (Lipinski definition) is 24. The minimum Gasteiger partial charge on any atom is -0.848 e. The second-order valence-corrected chi connectivity index (χ2v) is 11.6. The molecule has 0 aromatic rings. The van der Waals surface area contributed by atoms with E-state index in [0.717, 1.165) is 0 Å². The van der Waals surface area contributed by atoms with Crippen LogP contribution in [0.25, 0.3) is 0 Å². The van der Waals surface area contributed by atoms with Crippen LogP contribution in [0.3, 0.4) is 0 Å². The van der Waals surface area contributed by atoms with E-state index in [9.17, 15) is 30.6 Å². The van der Waals surface area contributed by atoms with Crippen molar-refractivity contribution in [3.05, 3.63) is 0 Å². The number of hydrogen-bond donors (Lipinski definition) is 18. The fraction of sp³-hybridized carbons (Fsp3) is 1.00. The Morgan fingerprint density at radius 2 is 0.236 bits per heavy atom. The molecular weight excluding hydrogens is 865 g/mol. The Hall–Kier alpha value is 2.74. The third-order valence-electron chi connectivity index (χ3n) is 8.24. The van der Waals surface area contributed by atoms with Crippen LogP contribution in [0.4, 0.5) is 0 Å². The van der Waals surface area contributed by atoms with E-state index in [0.29, 0.717) is 0 Å². The summed E-state index contributed by atoms with van der Waals surface area (Å²) in [5, 5.41) is 225. The number of aliphatic hydroxyl groups excluding tert-OH is 18. The Kier molecular flexibility index (Phi) is 41.4. The molecule has 0 spiro atoms. The molecule has 0 unspecified atom stereocenters. The van der Waals surface area contributed by atoms with Gasteiger partial charge in [-0.1, -0.05) is 36.6 Å². The average Bonchev–Trinajstić information content (AvgIpc) is 3.08. The van der Waals surface area contributed by atoms with E-state index in [1.807, 2.05) is 0 Å². The normalized spacial score (nSPS) is 48.4. The maximum absolute atomic E-state index is 10.8. The summed E-state index contributed by atoms with van der Waals surface area (Å²) in [7, 11) is 0. The van der Waals surface area contributed by atoms with Crippen molar-refractivity contribution < 1.29 is 266 Å². The molecule has 0 saturated heterocycles. The first-order valence-corrected chi connectivity index (χ1v) is 14.1. The molecule has 26 N–H and O–H groups in total. The maximum atomic E-state index is 10.8. The molecule has 0 aromatic carbocycles. The zero-order valence-electron chi connectivity index (χ0n) is 28.8. The van der Waals surface area contributed by atoms with E-state index < -0.39 is 146 Å². The van der Waals surface area contributed by atoms with Gasteiger partial charge in [-0.2, -0.15) is 0 Å². The van der Waals surface area contributed by atoms with Crippen LogP contribution >= 0.6 is 0 Å². The van der Waals surface area contributed by atoms with Crippen molar-refractivity contribution in [1.29, 1.82) is 0 Å². The predicted octanol–water partition coefficient (Wildman–Crippen LogP) is -28.4. The van der Waals surface area contributed by atoms with Gasteiger partial charge in [0.15, 0.2) is 0 Å². The Morgan fingerprint density at radius 3 is 0.291 bits per heavy atom. The molecule has 1 radical (unpaired) electrons. The Labute approximate surface area is 407 Å². The minimum atomic E-state index is -2.02. The maximum Gasteiger partial charge on any atom is 4.00 e. The van der Waals surface area contributed by atoms with Crippen LogP contribution in [0.1, 0.15) is 0 Å². The van der Waals surface area contributed by atoms with E-state index in [2.05, 4.69) is 0 Å². The van der Waals surface area contributed by atoms with Crippen molar-refractivity contribution in [1.82, 2.24) is 0 Å². The topological polar surface area (TPSA) is 628 Å². The fourth-order valence-electron chi connectivity index (χ4n) is 4.76. The van der Waals surface area contributed by atoms with E-state index in [1.165, 1.54) is 0 Å². The van der Waals surface area contributed by atoms with Crippen molar-refractivity contribution >= 4 is 0 Å². The molecule has 0 amide bonds. The third kappa shape index (κ3) is 17.4. The van der Waals surface area contributed by atoms with Gasteiger partial charge in [0.1, 0.15) is 73.2 Å². The van der Waals surface area contributed by atoms with Crippen molar-refractivity contribution in [2.75, 3.05) is 0 Å². The molecule has 4 aliphatic carbocycles. The monoisotopic (exact) mass is 915 g/mol. The summed E-state index contributed by atoms with van der Waals surface area (Å²) in [6, 6.07) is 0. The van der Waals surface area contributed by atoms with Crippen LogP contribution in [-0.2, 0) is 18.6 Å². The van der Waals surface area contributed by atoms with E-state index >= 15 is 0 Å². The fourth-order valence-corrected chi connectivity index (χ4v) is 4.76. The Balaban J connectivity index is -0.000000107. The first kappa shape index (κ1) is 72.2. The van der Waals surface area contributed by atoms with Gasteiger partial charge >= 0.3 is 121 Å². The molecule has 31 heteroatoms. The van der Waals surface area contributed by atoms with Crippen molar-refractivity contribution in [2.24, 2.45) is 0 Å². The summed E-state index contributed by atoms with van der Waals surface area (Å²) < 4.78 is 0. The minimum absolute atomic E-state index is 0. The molecule has 0 aliphatic heterocycles. The summed E-state index contributed by atoms with van der Waals surface area (Å²) in [6.07, 6.45) is -43.2. The van der Waals surface area contributed by atoms with Crippen LogP contribution in [0.5, 0.6) is 0 Å². The van der Waals surface area contributed by atoms with Crippen LogP contribution in [0.15, 0.2) is 0 Å². The van der Waals surface area contributed by atoms with Gasteiger partial charge in [-0.3, -0.25) is 0 Å². The molecule has 4 rings (SSSR count). The van der Waals surface area contributed by atoms with Crippen LogP contribution < -0.4 is 133 Å². The molecule has 55 heavy (non-hydrogen) atoms. The summed E-state index contributed by atoms with van der Waals surface area (Å²) in [4.78, 5) is 0. The zero-order valence-corrected chi connectivity index (χ0v) is 36.4. The molecular formula is C24H50K2O28V. The van der Waals surface area contributed by atoms with Crippen LogP contribution in [-0.4, -0.2) is 260 Å². The second-order valence-electron chi connectivity index (χ2n) is 11.6. The molecule has 4 aliphatic rings. The molecule has 4 saturated carbocycles. The SMILES string of the molecule is O.O.O.O.OC1C(O)C(O)C(O)C(O)C1O.OC1C(O)C(O)C(O)C(O)C1O.[K+].[K+].[O-]C1C(O)C([O-])C(O)C([O-])C1O.[O-]C1C(O)C([O-])C(O)C([O-])C1O.[V+4]. The molecule has 0 bridgehead atoms. The second kappa shape index (κ2) is 31.6. The first-order valence-electron chi connectivity index (χ1n) is 14.1. The van der Waals surface area contributed by atoms with E-state index in [1.54, 1.807) is 0 Å². The Morgan fingerprint density at radius 1 is 0.182 bits per heavy atom. The predicted molar refractivity (Wildman–Crippen MR) is 145 cm³/mol. The molecule has 321 valence electrons. The summed E-state index contributed by atoms with van der Waals surface area (Å²) in [5.74, 6) is 0. The Bertz CT molecular complexity index is 582. The average molecular weight is 916 g/mol. The summed E-state index contributed by atoms with van der Waals surface area (Å²) in [6.45, 7) is 0. The van der Waals surface area contributed by atoms with Gasteiger partial charge in [0, 0.05) is 36.6 Å². The van der Waals surface area contributed by atoms with E-state index in [-0.39, 0.29) is 143 Å².